The number of rotatable bonds is 5. The van der Waals surface area contributed by atoms with E-state index in [0.717, 1.165) is 43.6 Å². The van der Waals surface area contributed by atoms with E-state index in [0.29, 0.717) is 16.7 Å². The van der Waals surface area contributed by atoms with E-state index in [1.165, 1.54) is 37.5 Å². The van der Waals surface area contributed by atoms with E-state index in [-0.39, 0.29) is 11.3 Å². The summed E-state index contributed by atoms with van der Waals surface area (Å²) in [4.78, 5) is 0. The Labute approximate surface area is 187 Å². The van der Waals surface area contributed by atoms with Crippen molar-refractivity contribution in [2.45, 2.75) is 85.5 Å². The summed E-state index contributed by atoms with van der Waals surface area (Å²) in [5.41, 5.74) is 2.98. The maximum absolute atomic E-state index is 11.3. The molecule has 5 atom stereocenters. The van der Waals surface area contributed by atoms with Gasteiger partial charge in [0, 0.05) is 0 Å². The van der Waals surface area contributed by atoms with Crippen molar-refractivity contribution in [3.05, 3.63) is 36.0 Å². The molecule has 6 heteroatoms. The maximum Gasteiger partial charge on any atom is 0.445 e. The van der Waals surface area contributed by atoms with E-state index < -0.39 is 10.4 Å². The summed E-state index contributed by atoms with van der Waals surface area (Å²) >= 11 is 0. The number of allylic oxidation sites excluding steroid dienone is 1. The Balaban J connectivity index is 1.68. The molecule has 174 valence electrons. The van der Waals surface area contributed by atoms with E-state index >= 15 is 0 Å². The van der Waals surface area contributed by atoms with E-state index in [4.69, 9.17) is 13.2 Å². The van der Waals surface area contributed by atoms with Gasteiger partial charge in [-0.1, -0.05) is 34.1 Å². The van der Waals surface area contributed by atoms with Crippen molar-refractivity contribution in [1.82, 2.24) is 0 Å². The highest BCUT2D eigenvalue weighted by atomic mass is 32.3. The summed E-state index contributed by atoms with van der Waals surface area (Å²) in [6.07, 6.45) is 14.8. The van der Waals surface area contributed by atoms with Crippen LogP contribution in [0, 0.1) is 34.0 Å². The zero-order valence-electron chi connectivity index (χ0n) is 19.4. The van der Waals surface area contributed by atoms with Gasteiger partial charge in [-0.25, -0.2) is 0 Å². The summed E-state index contributed by atoms with van der Waals surface area (Å²) in [6.45, 7) is 9.89. The molecule has 0 spiro atoms. The highest BCUT2D eigenvalue weighted by molar-refractivity contribution is 7.81. The molecule has 3 fully saturated rings. The lowest BCUT2D eigenvalue weighted by atomic mass is 9.39. The molecule has 0 bridgehead atoms. The second kappa shape index (κ2) is 7.95. The lowest BCUT2D eigenvalue weighted by molar-refractivity contribution is -0.154. The van der Waals surface area contributed by atoms with Gasteiger partial charge in [0.2, 0.25) is 0 Å². The van der Waals surface area contributed by atoms with Crippen molar-refractivity contribution in [3.8, 4) is 0 Å². The lowest BCUT2D eigenvalue weighted by Gasteiger charge is -2.66. The highest BCUT2D eigenvalue weighted by Gasteiger charge is 2.61. The third-order valence-electron chi connectivity index (χ3n) is 9.43. The standard InChI is InChI=1S/C25H38O5S/c1-23(2)12-5-13-25(4)21(23)10-14-24(3)20(8-6-18-11-15-29-16-18)19(7-9-22(24)25)17-30-31(26,27)28/h11,15-17,20-22H,5-10,12-14H2,1-4H3,(H,26,27,28)/b19-17+/t20-,21?,22?,24+,25+/m1/s1. The molecule has 0 saturated heterocycles. The molecule has 1 aromatic rings. The number of aryl methyl sites for hydroxylation is 1. The van der Waals surface area contributed by atoms with Gasteiger partial charge in [-0.2, -0.15) is 8.42 Å². The Bertz CT molecular complexity index is 916. The molecule has 3 aliphatic rings. The van der Waals surface area contributed by atoms with Gasteiger partial charge in [-0.3, -0.25) is 4.55 Å². The first kappa shape index (κ1) is 22.9. The normalized spacial score (nSPS) is 39.0. The fourth-order valence-electron chi connectivity index (χ4n) is 8.20. The van der Waals surface area contributed by atoms with Gasteiger partial charge in [0.25, 0.3) is 0 Å². The molecule has 3 aliphatic carbocycles. The van der Waals surface area contributed by atoms with Crippen LogP contribution in [0.15, 0.2) is 34.8 Å². The predicted octanol–water partition coefficient (Wildman–Crippen LogP) is 6.57. The Hall–Kier alpha value is -1.27. The molecule has 2 unspecified atom stereocenters. The maximum atomic E-state index is 11.3. The van der Waals surface area contributed by atoms with E-state index in [1.54, 1.807) is 12.5 Å². The molecule has 31 heavy (non-hydrogen) atoms. The predicted molar refractivity (Wildman–Crippen MR) is 121 cm³/mol. The Kier molecular flexibility index (Phi) is 5.87. The van der Waals surface area contributed by atoms with Crippen molar-refractivity contribution in [3.63, 3.8) is 0 Å². The van der Waals surface area contributed by atoms with Crippen LogP contribution in [0.3, 0.4) is 0 Å². The molecule has 0 amide bonds. The molecule has 1 N–H and O–H groups in total. The molecule has 0 aliphatic heterocycles. The quantitative estimate of drug-likeness (QED) is 0.405. The van der Waals surface area contributed by atoms with Crippen LogP contribution >= 0.6 is 0 Å². The third kappa shape index (κ3) is 4.22. The van der Waals surface area contributed by atoms with Crippen LogP contribution in [-0.2, 0) is 21.0 Å². The Morgan fingerprint density at radius 1 is 1.13 bits per heavy atom. The first-order valence-electron chi connectivity index (χ1n) is 11.8. The van der Waals surface area contributed by atoms with Gasteiger partial charge in [0.05, 0.1) is 12.5 Å². The van der Waals surface area contributed by atoms with Crippen LogP contribution in [0.25, 0.3) is 0 Å². The Morgan fingerprint density at radius 3 is 2.58 bits per heavy atom. The van der Waals surface area contributed by atoms with E-state index in [9.17, 15) is 8.42 Å². The van der Waals surface area contributed by atoms with Crippen LogP contribution in [0.4, 0.5) is 0 Å². The fourth-order valence-corrected chi connectivity index (χ4v) is 8.44. The van der Waals surface area contributed by atoms with Crippen LogP contribution in [0.5, 0.6) is 0 Å². The third-order valence-corrected chi connectivity index (χ3v) is 9.77. The summed E-state index contributed by atoms with van der Waals surface area (Å²) in [6, 6.07) is 2.00. The van der Waals surface area contributed by atoms with Gasteiger partial charge in [0.15, 0.2) is 0 Å². The summed E-state index contributed by atoms with van der Waals surface area (Å²) in [5, 5.41) is 0. The molecule has 0 aromatic carbocycles. The smallest absolute Gasteiger partial charge is 0.445 e. The van der Waals surface area contributed by atoms with Gasteiger partial charge in [-0.15, -0.1) is 0 Å². The summed E-state index contributed by atoms with van der Waals surface area (Å²) in [5.74, 6) is 1.57. The monoisotopic (exact) mass is 450 g/mol. The number of hydrogen-bond donors (Lipinski definition) is 1. The number of fused-ring (bicyclic) bond motifs is 3. The minimum absolute atomic E-state index is 0.0923. The van der Waals surface area contributed by atoms with Crippen molar-refractivity contribution in [2.24, 2.45) is 34.0 Å². The van der Waals surface area contributed by atoms with Crippen LogP contribution in [0.1, 0.15) is 84.6 Å². The zero-order valence-corrected chi connectivity index (χ0v) is 20.2. The van der Waals surface area contributed by atoms with Gasteiger partial charge < -0.3 is 8.60 Å². The summed E-state index contributed by atoms with van der Waals surface area (Å²) in [7, 11) is -4.49. The van der Waals surface area contributed by atoms with Gasteiger partial charge >= 0.3 is 10.4 Å². The summed E-state index contributed by atoms with van der Waals surface area (Å²) < 4.78 is 41.7. The minimum Gasteiger partial charge on any atom is -0.472 e. The zero-order chi connectivity index (χ0) is 22.5. The second-order valence-electron chi connectivity index (χ2n) is 11.5. The topological polar surface area (TPSA) is 76.7 Å². The van der Waals surface area contributed by atoms with Crippen molar-refractivity contribution in [1.29, 1.82) is 0 Å². The van der Waals surface area contributed by atoms with Crippen LogP contribution < -0.4 is 0 Å². The number of furan rings is 1. The molecule has 1 heterocycles. The highest BCUT2D eigenvalue weighted by Crippen LogP contribution is 2.69. The molecule has 4 rings (SSSR count). The lowest BCUT2D eigenvalue weighted by Crippen LogP contribution is -2.58. The first-order chi connectivity index (χ1) is 14.5. The van der Waals surface area contributed by atoms with Crippen molar-refractivity contribution >= 4 is 10.4 Å². The minimum atomic E-state index is -4.49. The molecule has 3 saturated carbocycles. The van der Waals surface area contributed by atoms with E-state index in [1.807, 2.05) is 6.07 Å². The fraction of sp³-hybridized carbons (Fsp3) is 0.760. The van der Waals surface area contributed by atoms with Crippen LogP contribution in [0.2, 0.25) is 0 Å². The SMILES string of the molecule is CC1(C)CCC[C@@]2(C)C1CC[C@]1(C)C2CC/C(=C\OS(=O)(=O)O)[C@H]1CCc1ccoc1. The van der Waals surface area contributed by atoms with Crippen molar-refractivity contribution in [2.75, 3.05) is 0 Å². The largest absolute Gasteiger partial charge is 0.472 e. The van der Waals surface area contributed by atoms with E-state index in [2.05, 4.69) is 27.7 Å². The Morgan fingerprint density at radius 2 is 1.90 bits per heavy atom. The molecule has 0 radical (unpaired) electrons. The molecular weight excluding hydrogens is 412 g/mol. The molecule has 1 aromatic heterocycles. The van der Waals surface area contributed by atoms with Gasteiger partial charge in [-0.05, 0) is 103 Å². The second-order valence-corrected chi connectivity index (χ2v) is 12.5. The number of hydrogen-bond acceptors (Lipinski definition) is 4. The van der Waals surface area contributed by atoms with Crippen molar-refractivity contribution < 1.29 is 21.6 Å². The first-order valence-corrected chi connectivity index (χ1v) is 13.2. The van der Waals surface area contributed by atoms with Gasteiger partial charge in [0.1, 0.15) is 6.26 Å². The molecule has 5 nitrogen and oxygen atoms in total. The average Bonchev–Trinajstić information content (AvgIpc) is 3.17. The molecular formula is C25H38O5S. The average molecular weight is 451 g/mol. The van der Waals surface area contributed by atoms with Crippen LogP contribution in [-0.4, -0.2) is 13.0 Å².